The average Bonchev–Trinajstić information content (AvgIpc) is 3.28. The zero-order chi connectivity index (χ0) is 27.4. The van der Waals surface area contributed by atoms with Crippen LogP contribution in [0.25, 0.3) is 5.65 Å². The second-order valence-electron chi connectivity index (χ2n) is 11.0. The molecule has 12 heteroatoms. The lowest BCUT2D eigenvalue weighted by molar-refractivity contribution is -0.137. The molecule has 0 radical (unpaired) electrons. The molecule has 0 unspecified atom stereocenters. The van der Waals surface area contributed by atoms with Crippen molar-refractivity contribution in [3.8, 4) is 0 Å². The first-order chi connectivity index (χ1) is 18.6. The van der Waals surface area contributed by atoms with Crippen LogP contribution in [0.1, 0.15) is 28.9 Å². The average molecular weight is 542 g/mol. The molecule has 1 aliphatic carbocycles. The van der Waals surface area contributed by atoms with E-state index in [9.17, 15) is 22.8 Å². The molecule has 3 aromatic rings. The van der Waals surface area contributed by atoms with E-state index in [1.807, 2.05) is 27.6 Å². The number of benzene rings is 1. The molecule has 39 heavy (non-hydrogen) atoms. The fourth-order valence-corrected chi connectivity index (χ4v) is 5.92. The predicted octanol–water partition coefficient (Wildman–Crippen LogP) is 3.53. The van der Waals surface area contributed by atoms with Gasteiger partial charge in [-0.15, -0.1) is 0 Å². The van der Waals surface area contributed by atoms with Crippen molar-refractivity contribution >= 4 is 29.0 Å². The maximum absolute atomic E-state index is 13.3. The zero-order valence-electron chi connectivity index (χ0n) is 21.5. The SMILES string of the molecule is CN1CCN(c2ccc3ncc(C(=O)N4CC5(CC(NC(=O)Nc6cccc(C(F)(F)F)c6)C5)C4)n3c2)CC1. The van der Waals surface area contributed by atoms with Crippen LogP contribution >= 0.6 is 0 Å². The minimum atomic E-state index is -4.47. The van der Waals surface area contributed by atoms with Crippen molar-refractivity contribution in [3.05, 3.63) is 60.0 Å². The first-order valence-corrected chi connectivity index (χ1v) is 13.0. The summed E-state index contributed by atoms with van der Waals surface area (Å²) < 4.78 is 40.6. The number of aromatic nitrogens is 2. The molecule has 9 nitrogen and oxygen atoms in total. The second kappa shape index (κ2) is 9.44. The van der Waals surface area contributed by atoms with E-state index >= 15 is 0 Å². The Bertz CT molecular complexity index is 1400. The number of piperazine rings is 1. The topological polar surface area (TPSA) is 85.2 Å². The maximum Gasteiger partial charge on any atom is 0.416 e. The van der Waals surface area contributed by atoms with Gasteiger partial charge in [-0.05, 0) is 50.2 Å². The lowest BCUT2D eigenvalue weighted by Crippen LogP contribution is -2.67. The number of likely N-dealkylation sites (tertiary alicyclic amines) is 1. The number of urea groups is 1. The quantitative estimate of drug-likeness (QED) is 0.528. The molecule has 0 atom stereocenters. The summed E-state index contributed by atoms with van der Waals surface area (Å²) in [5, 5.41) is 5.31. The standard InChI is InChI=1S/C27H30F3N7O2/c1-34-7-9-35(10-8-34)21-5-6-23-31-14-22(37(23)15-21)24(38)36-16-26(17-36)12-20(13-26)33-25(39)32-19-4-2-3-18(11-19)27(28,29)30/h2-6,11,14-15,20H,7-10,12-13,16-17H2,1H3,(H2,32,33,39). The largest absolute Gasteiger partial charge is 0.416 e. The third-order valence-electron chi connectivity index (χ3n) is 8.06. The molecule has 2 aromatic heterocycles. The smallest absolute Gasteiger partial charge is 0.368 e. The molecular weight excluding hydrogens is 511 g/mol. The van der Waals surface area contributed by atoms with Crippen LogP contribution in [0.2, 0.25) is 0 Å². The fourth-order valence-electron chi connectivity index (χ4n) is 5.92. The summed E-state index contributed by atoms with van der Waals surface area (Å²) >= 11 is 0. The summed E-state index contributed by atoms with van der Waals surface area (Å²) in [7, 11) is 2.11. The number of anilines is 2. The molecule has 1 aromatic carbocycles. The van der Waals surface area contributed by atoms with E-state index in [4.69, 9.17) is 0 Å². The van der Waals surface area contributed by atoms with Crippen LogP contribution in [0.5, 0.6) is 0 Å². The number of amides is 3. The molecular formula is C27H30F3N7O2. The van der Waals surface area contributed by atoms with Crippen molar-refractivity contribution in [3.63, 3.8) is 0 Å². The summed E-state index contributed by atoms with van der Waals surface area (Å²) in [6, 6.07) is 7.90. The van der Waals surface area contributed by atoms with Gasteiger partial charge in [0.05, 0.1) is 17.4 Å². The normalized spacial score (nSPS) is 19.6. The van der Waals surface area contributed by atoms with Crippen LogP contribution in [0, 0.1) is 5.41 Å². The van der Waals surface area contributed by atoms with Gasteiger partial charge in [-0.2, -0.15) is 13.2 Å². The van der Waals surface area contributed by atoms with Gasteiger partial charge in [-0.3, -0.25) is 9.20 Å². The van der Waals surface area contributed by atoms with E-state index in [1.54, 1.807) is 6.20 Å². The van der Waals surface area contributed by atoms with Crippen LogP contribution in [-0.2, 0) is 6.18 Å². The number of halogens is 3. The highest BCUT2D eigenvalue weighted by Crippen LogP contribution is 2.48. The van der Waals surface area contributed by atoms with Gasteiger partial charge in [0, 0.05) is 62.6 Å². The Morgan fingerprint density at radius 2 is 1.79 bits per heavy atom. The first-order valence-electron chi connectivity index (χ1n) is 13.0. The fraction of sp³-hybridized carbons (Fsp3) is 0.444. The summed E-state index contributed by atoms with van der Waals surface area (Å²) in [6.07, 6.45) is 0.571. The van der Waals surface area contributed by atoms with Crippen molar-refractivity contribution in [2.24, 2.45) is 5.41 Å². The van der Waals surface area contributed by atoms with Crippen LogP contribution in [-0.4, -0.2) is 83.5 Å². The number of pyridine rings is 1. The van der Waals surface area contributed by atoms with Gasteiger partial charge in [0.25, 0.3) is 5.91 Å². The maximum atomic E-state index is 13.3. The molecule has 2 N–H and O–H groups in total. The van der Waals surface area contributed by atoms with Crippen molar-refractivity contribution < 1.29 is 22.8 Å². The number of rotatable bonds is 4. The van der Waals surface area contributed by atoms with E-state index in [-0.39, 0.29) is 23.1 Å². The lowest BCUT2D eigenvalue weighted by atomic mass is 9.60. The Kier molecular flexibility index (Phi) is 6.17. The van der Waals surface area contributed by atoms with E-state index in [2.05, 4.69) is 32.5 Å². The van der Waals surface area contributed by atoms with Crippen LogP contribution in [0.15, 0.2) is 48.8 Å². The van der Waals surface area contributed by atoms with Crippen molar-refractivity contribution in [1.82, 2.24) is 24.5 Å². The molecule has 3 amide bonds. The monoisotopic (exact) mass is 541 g/mol. The molecule has 2 aliphatic heterocycles. The summed E-state index contributed by atoms with van der Waals surface area (Å²) in [5.74, 6) is -0.0673. The van der Waals surface area contributed by atoms with Gasteiger partial charge in [0.15, 0.2) is 0 Å². The van der Waals surface area contributed by atoms with Gasteiger partial charge >= 0.3 is 12.2 Å². The highest BCUT2D eigenvalue weighted by atomic mass is 19.4. The number of likely N-dealkylation sites (N-methyl/N-ethyl adjacent to an activating group) is 1. The highest BCUT2D eigenvalue weighted by Gasteiger charge is 2.54. The van der Waals surface area contributed by atoms with E-state index in [0.29, 0.717) is 31.6 Å². The minimum absolute atomic E-state index is 0.0325. The summed E-state index contributed by atoms with van der Waals surface area (Å²) in [4.78, 5) is 36.5. The molecule has 3 aliphatic rings. The number of nitrogens with zero attached hydrogens (tertiary/aromatic N) is 5. The number of hydrogen-bond donors (Lipinski definition) is 2. The van der Waals surface area contributed by atoms with Crippen molar-refractivity contribution in [2.45, 2.75) is 25.1 Å². The van der Waals surface area contributed by atoms with E-state index in [0.717, 1.165) is 49.6 Å². The minimum Gasteiger partial charge on any atom is -0.368 e. The number of carbonyl (C=O) groups is 2. The predicted molar refractivity (Wildman–Crippen MR) is 140 cm³/mol. The third-order valence-corrected chi connectivity index (χ3v) is 8.06. The Hall–Kier alpha value is -3.80. The Morgan fingerprint density at radius 1 is 1.05 bits per heavy atom. The van der Waals surface area contributed by atoms with Crippen LogP contribution < -0.4 is 15.5 Å². The van der Waals surface area contributed by atoms with Crippen LogP contribution in [0.3, 0.4) is 0 Å². The molecule has 4 heterocycles. The van der Waals surface area contributed by atoms with E-state index < -0.39 is 17.8 Å². The van der Waals surface area contributed by atoms with Gasteiger partial charge in [0.1, 0.15) is 11.3 Å². The highest BCUT2D eigenvalue weighted by molar-refractivity contribution is 5.94. The van der Waals surface area contributed by atoms with Crippen LogP contribution in [0.4, 0.5) is 29.3 Å². The number of nitrogens with one attached hydrogen (secondary N) is 2. The second-order valence-corrected chi connectivity index (χ2v) is 11.0. The number of carbonyl (C=O) groups excluding carboxylic acids is 2. The van der Waals surface area contributed by atoms with Gasteiger partial charge in [-0.25, -0.2) is 9.78 Å². The molecule has 3 fully saturated rings. The first kappa shape index (κ1) is 25.5. The lowest BCUT2D eigenvalue weighted by Gasteiger charge is -2.58. The van der Waals surface area contributed by atoms with Gasteiger partial charge in [-0.1, -0.05) is 6.07 Å². The molecule has 0 bridgehead atoms. The molecule has 2 saturated heterocycles. The van der Waals surface area contributed by atoms with Crippen molar-refractivity contribution in [2.75, 3.05) is 56.5 Å². The third kappa shape index (κ3) is 5.00. The van der Waals surface area contributed by atoms with Gasteiger partial charge < -0.3 is 25.3 Å². The summed E-state index contributed by atoms with van der Waals surface area (Å²) in [5.41, 5.74) is 1.56. The Balaban J connectivity index is 1.02. The number of fused-ring (bicyclic) bond motifs is 1. The number of imidazole rings is 1. The van der Waals surface area contributed by atoms with Crippen molar-refractivity contribution in [1.29, 1.82) is 0 Å². The Labute approximate surface area is 223 Å². The number of alkyl halides is 3. The zero-order valence-corrected chi connectivity index (χ0v) is 21.5. The molecule has 1 spiro atoms. The number of hydrogen-bond acceptors (Lipinski definition) is 5. The summed E-state index contributed by atoms with van der Waals surface area (Å²) in [6.45, 7) is 5.05. The Morgan fingerprint density at radius 3 is 2.51 bits per heavy atom. The molecule has 1 saturated carbocycles. The molecule has 6 rings (SSSR count). The van der Waals surface area contributed by atoms with E-state index in [1.165, 1.54) is 12.1 Å². The van der Waals surface area contributed by atoms with Gasteiger partial charge in [0.2, 0.25) is 0 Å². The molecule has 206 valence electrons.